The largest absolute Gasteiger partial charge is 0.301 e. The van der Waals surface area contributed by atoms with E-state index in [9.17, 15) is 0 Å². The quantitative estimate of drug-likeness (QED) is 0.670. The molecule has 2 aromatic heterocycles. The van der Waals surface area contributed by atoms with Gasteiger partial charge in [0.05, 0.1) is 0 Å². The lowest BCUT2D eigenvalue weighted by atomic mass is 10.1. The van der Waals surface area contributed by atoms with Crippen LogP contribution in [0.3, 0.4) is 0 Å². The van der Waals surface area contributed by atoms with Crippen LogP contribution in [0, 0.1) is 0 Å². The Morgan fingerprint density at radius 3 is 2.70 bits per heavy atom. The number of hydrogen-bond acceptors (Lipinski definition) is 1. The average Bonchev–Trinajstić information content (AvgIpc) is 2.91. The summed E-state index contributed by atoms with van der Waals surface area (Å²) in [4.78, 5) is 4.54. The van der Waals surface area contributed by atoms with Crippen LogP contribution in [0.25, 0.3) is 22.8 Å². The van der Waals surface area contributed by atoms with Gasteiger partial charge in [-0.2, -0.15) is 0 Å². The van der Waals surface area contributed by atoms with Crippen molar-refractivity contribution >= 4 is 17.1 Å². The Bertz CT molecular complexity index is 736. The van der Waals surface area contributed by atoms with Crippen molar-refractivity contribution < 1.29 is 0 Å². The van der Waals surface area contributed by atoms with Crippen LogP contribution in [0.1, 0.15) is 24.5 Å². The molecule has 0 aliphatic rings. The molecule has 0 bridgehead atoms. The third kappa shape index (κ3) is 2.25. The Morgan fingerprint density at radius 2 is 2.00 bits per heavy atom. The van der Waals surface area contributed by atoms with E-state index < -0.39 is 0 Å². The Labute approximate surface area is 119 Å². The first-order chi connectivity index (χ1) is 9.81. The van der Waals surface area contributed by atoms with E-state index in [0.29, 0.717) is 0 Å². The smallest absolute Gasteiger partial charge is 0.144 e. The molecule has 3 rings (SSSR count). The van der Waals surface area contributed by atoms with Crippen molar-refractivity contribution in [3.63, 3.8) is 0 Å². The fourth-order valence-corrected chi connectivity index (χ4v) is 2.47. The minimum atomic E-state index is 0.985. The topological polar surface area (TPSA) is 17.8 Å². The van der Waals surface area contributed by atoms with E-state index in [-0.39, 0.29) is 0 Å². The van der Waals surface area contributed by atoms with Crippen molar-refractivity contribution in [2.45, 2.75) is 19.8 Å². The lowest BCUT2D eigenvalue weighted by Crippen LogP contribution is -1.94. The Morgan fingerprint density at radius 1 is 1.20 bits per heavy atom. The van der Waals surface area contributed by atoms with Gasteiger partial charge in [-0.05, 0) is 41.8 Å². The fraction of sp³-hybridized carbons (Fsp3) is 0.167. The van der Waals surface area contributed by atoms with E-state index in [1.54, 1.807) is 0 Å². The molecule has 3 aromatic rings. The number of aromatic nitrogens is 2. The van der Waals surface area contributed by atoms with Gasteiger partial charge in [-0.1, -0.05) is 38.1 Å². The number of benzene rings is 1. The molecule has 0 aliphatic carbocycles. The third-order valence-electron chi connectivity index (χ3n) is 3.54. The minimum absolute atomic E-state index is 0.985. The predicted octanol–water partition coefficient (Wildman–Crippen LogP) is 4.62. The first-order valence-electron chi connectivity index (χ1n) is 7.00. The molecule has 20 heavy (non-hydrogen) atoms. The van der Waals surface area contributed by atoms with Gasteiger partial charge >= 0.3 is 0 Å². The maximum absolute atomic E-state index is 4.54. The molecule has 0 radical (unpaired) electrons. The number of hydrogen-bond donors (Lipinski definition) is 0. The summed E-state index contributed by atoms with van der Waals surface area (Å²) in [6, 6.07) is 12.9. The molecule has 2 heteroatoms. The van der Waals surface area contributed by atoms with Gasteiger partial charge in [-0.25, -0.2) is 4.98 Å². The van der Waals surface area contributed by atoms with Gasteiger partial charge in [0.1, 0.15) is 5.65 Å². The standard InChI is InChI=1S/C18H18N2/c1-3-5-15-6-8-17(9-7-15)20-11-10-16-12-14(4-2)13-19-18(16)20/h4,6-13H,2-3,5H2,1H3. The van der Waals surface area contributed by atoms with Crippen LogP contribution in [0.15, 0.2) is 55.4 Å². The highest BCUT2D eigenvalue weighted by molar-refractivity contribution is 5.80. The second-order valence-electron chi connectivity index (χ2n) is 4.99. The Hall–Kier alpha value is -2.35. The summed E-state index contributed by atoms with van der Waals surface area (Å²) >= 11 is 0. The highest BCUT2D eigenvalue weighted by Crippen LogP contribution is 2.20. The molecule has 1 aromatic carbocycles. The van der Waals surface area contributed by atoms with Crippen molar-refractivity contribution in [2.24, 2.45) is 0 Å². The fourth-order valence-electron chi connectivity index (χ4n) is 2.47. The second-order valence-corrected chi connectivity index (χ2v) is 4.99. The summed E-state index contributed by atoms with van der Waals surface area (Å²) in [5.41, 5.74) is 4.57. The van der Waals surface area contributed by atoms with Crippen LogP contribution < -0.4 is 0 Å². The maximum Gasteiger partial charge on any atom is 0.144 e. The summed E-state index contributed by atoms with van der Waals surface area (Å²) in [6.45, 7) is 5.99. The molecule has 0 N–H and O–H groups in total. The van der Waals surface area contributed by atoms with Crippen LogP contribution in [0.2, 0.25) is 0 Å². The van der Waals surface area contributed by atoms with Crippen LogP contribution in [-0.4, -0.2) is 9.55 Å². The number of rotatable bonds is 4. The van der Waals surface area contributed by atoms with Crippen molar-refractivity contribution in [3.05, 3.63) is 66.5 Å². The van der Waals surface area contributed by atoms with E-state index >= 15 is 0 Å². The van der Waals surface area contributed by atoms with Gasteiger partial charge in [0.25, 0.3) is 0 Å². The van der Waals surface area contributed by atoms with E-state index in [4.69, 9.17) is 0 Å². The summed E-state index contributed by atoms with van der Waals surface area (Å²) in [7, 11) is 0. The molecule has 0 aliphatic heterocycles. The summed E-state index contributed by atoms with van der Waals surface area (Å²) in [6.07, 6.45) is 8.06. The zero-order valence-electron chi connectivity index (χ0n) is 11.7. The number of fused-ring (bicyclic) bond motifs is 1. The monoisotopic (exact) mass is 262 g/mol. The van der Waals surface area contributed by atoms with E-state index in [0.717, 1.165) is 28.7 Å². The van der Waals surface area contributed by atoms with Crippen molar-refractivity contribution in [2.75, 3.05) is 0 Å². The first-order valence-corrected chi connectivity index (χ1v) is 7.00. The van der Waals surface area contributed by atoms with Crippen LogP contribution >= 0.6 is 0 Å². The molecular weight excluding hydrogens is 244 g/mol. The average molecular weight is 262 g/mol. The molecule has 0 saturated heterocycles. The summed E-state index contributed by atoms with van der Waals surface area (Å²) in [5.74, 6) is 0. The summed E-state index contributed by atoms with van der Waals surface area (Å²) in [5, 5.41) is 1.14. The van der Waals surface area contributed by atoms with Gasteiger partial charge in [0.2, 0.25) is 0 Å². The number of aryl methyl sites for hydroxylation is 1. The number of nitrogens with zero attached hydrogens (tertiary/aromatic N) is 2. The maximum atomic E-state index is 4.54. The lowest BCUT2D eigenvalue weighted by molar-refractivity contribution is 0.920. The molecule has 2 nitrogen and oxygen atoms in total. The van der Waals surface area contributed by atoms with Gasteiger partial charge in [-0.3, -0.25) is 0 Å². The number of pyridine rings is 1. The van der Waals surface area contributed by atoms with Crippen molar-refractivity contribution in [1.29, 1.82) is 0 Å². The van der Waals surface area contributed by atoms with Crippen molar-refractivity contribution in [3.8, 4) is 5.69 Å². The van der Waals surface area contributed by atoms with Gasteiger partial charge in [0.15, 0.2) is 0 Å². The second kappa shape index (κ2) is 5.33. The predicted molar refractivity (Wildman–Crippen MR) is 85.2 cm³/mol. The lowest BCUT2D eigenvalue weighted by Gasteiger charge is -2.06. The van der Waals surface area contributed by atoms with Gasteiger partial charge < -0.3 is 4.57 Å². The van der Waals surface area contributed by atoms with Gasteiger partial charge in [-0.15, -0.1) is 0 Å². The summed E-state index contributed by atoms with van der Waals surface area (Å²) < 4.78 is 2.12. The Kier molecular flexibility index (Phi) is 3.38. The molecule has 2 heterocycles. The minimum Gasteiger partial charge on any atom is -0.301 e. The zero-order chi connectivity index (χ0) is 13.9. The Balaban J connectivity index is 2.03. The van der Waals surface area contributed by atoms with E-state index in [2.05, 4.69) is 65.6 Å². The molecule has 0 spiro atoms. The van der Waals surface area contributed by atoms with E-state index in [1.807, 2.05) is 12.3 Å². The molecule has 0 atom stereocenters. The third-order valence-corrected chi connectivity index (χ3v) is 3.54. The molecule has 0 amide bonds. The molecule has 0 saturated carbocycles. The molecule has 0 fully saturated rings. The van der Waals surface area contributed by atoms with Crippen molar-refractivity contribution in [1.82, 2.24) is 9.55 Å². The molecule has 100 valence electrons. The highest BCUT2D eigenvalue weighted by atomic mass is 15.0. The van der Waals surface area contributed by atoms with Crippen LogP contribution in [-0.2, 0) is 6.42 Å². The normalized spacial score (nSPS) is 10.8. The molecular formula is C18H18N2. The van der Waals surface area contributed by atoms with Gasteiger partial charge in [0, 0.05) is 23.5 Å². The molecule has 0 unspecified atom stereocenters. The first kappa shape index (κ1) is 12.7. The zero-order valence-corrected chi connectivity index (χ0v) is 11.7. The highest BCUT2D eigenvalue weighted by Gasteiger charge is 2.04. The van der Waals surface area contributed by atoms with Crippen LogP contribution in [0.4, 0.5) is 0 Å². The SMILES string of the molecule is C=Cc1cnc2c(ccn2-c2ccc(CCC)cc2)c1. The van der Waals surface area contributed by atoms with Crippen LogP contribution in [0.5, 0.6) is 0 Å². The van der Waals surface area contributed by atoms with E-state index in [1.165, 1.54) is 12.0 Å².